The van der Waals surface area contributed by atoms with Crippen molar-refractivity contribution in [2.45, 2.75) is 19.3 Å². The number of hydrogen-bond donors (Lipinski definition) is 1. The van der Waals surface area contributed by atoms with Gasteiger partial charge in [0.2, 0.25) is 0 Å². The normalized spacial score (nSPS) is 25.8. The summed E-state index contributed by atoms with van der Waals surface area (Å²) < 4.78 is 0. The van der Waals surface area contributed by atoms with Crippen molar-refractivity contribution in [2.75, 3.05) is 12.3 Å². The van der Waals surface area contributed by atoms with Crippen molar-refractivity contribution in [2.24, 2.45) is 4.99 Å². The van der Waals surface area contributed by atoms with Gasteiger partial charge in [-0.1, -0.05) is 30.4 Å². The van der Waals surface area contributed by atoms with Crippen molar-refractivity contribution >= 4 is 30.6 Å². The largest absolute Gasteiger partial charge is 0.297 e. The summed E-state index contributed by atoms with van der Waals surface area (Å²) in [6, 6.07) is 0. The Kier molecular flexibility index (Phi) is 5.20. The van der Waals surface area contributed by atoms with Crippen molar-refractivity contribution < 1.29 is 0 Å². The first-order valence-electron chi connectivity index (χ1n) is 5.91. The predicted molar refractivity (Wildman–Crippen MR) is 82.0 cm³/mol. The van der Waals surface area contributed by atoms with Gasteiger partial charge in [-0.15, -0.1) is 24.4 Å². The Morgan fingerprint density at radius 2 is 2.18 bits per heavy atom. The summed E-state index contributed by atoms with van der Waals surface area (Å²) in [4.78, 5) is 6.94. The number of rotatable bonds is 0. The lowest BCUT2D eigenvalue weighted by Gasteiger charge is -2.08. The number of aliphatic imine (C=N–C) groups is 1. The molecule has 90 valence electrons. The lowest BCUT2D eigenvalue weighted by Crippen LogP contribution is -1.90. The minimum absolute atomic E-state index is 0.911. The van der Waals surface area contributed by atoms with Crippen LogP contribution in [-0.4, -0.2) is 18.5 Å². The molecule has 1 nitrogen and oxygen atoms in total. The highest BCUT2D eigenvalue weighted by Crippen LogP contribution is 2.29. The molecule has 0 aromatic rings. The molecule has 2 rings (SSSR count). The fraction of sp³-hybridized carbons (Fsp3) is 0.357. The molecule has 0 saturated carbocycles. The van der Waals surface area contributed by atoms with Crippen molar-refractivity contribution in [1.29, 1.82) is 0 Å². The molecular weight excluding hydrogens is 246 g/mol. The fourth-order valence-electron chi connectivity index (χ4n) is 1.81. The zero-order valence-corrected chi connectivity index (χ0v) is 11.5. The Bertz CT molecular complexity index is 414. The lowest BCUT2D eigenvalue weighted by molar-refractivity contribution is 0.985. The average molecular weight is 263 g/mol. The molecule has 0 saturated heterocycles. The third-order valence-electron chi connectivity index (χ3n) is 2.69. The quantitative estimate of drug-likeness (QED) is 0.647. The van der Waals surface area contributed by atoms with Crippen LogP contribution in [0, 0.1) is 0 Å². The molecule has 0 aromatic heterocycles. The van der Waals surface area contributed by atoms with Crippen LogP contribution in [0.25, 0.3) is 0 Å². The first kappa shape index (κ1) is 12.8. The molecule has 3 heteroatoms. The van der Waals surface area contributed by atoms with Gasteiger partial charge in [0, 0.05) is 29.8 Å². The topological polar surface area (TPSA) is 12.4 Å². The van der Waals surface area contributed by atoms with Gasteiger partial charge in [-0.05, 0) is 23.3 Å². The molecule has 0 N–H and O–H groups in total. The van der Waals surface area contributed by atoms with E-state index < -0.39 is 0 Å². The molecule has 2 aliphatic heterocycles. The molecule has 17 heavy (non-hydrogen) atoms. The minimum Gasteiger partial charge on any atom is -0.297 e. The summed E-state index contributed by atoms with van der Waals surface area (Å²) in [7, 11) is 0. The van der Waals surface area contributed by atoms with Gasteiger partial charge in [-0.2, -0.15) is 0 Å². The number of thioether (sulfide) groups is 1. The highest BCUT2D eigenvalue weighted by atomic mass is 32.2. The van der Waals surface area contributed by atoms with Gasteiger partial charge in [0.05, 0.1) is 0 Å². The summed E-state index contributed by atoms with van der Waals surface area (Å²) in [5.41, 5.74) is 1.44. The van der Waals surface area contributed by atoms with E-state index in [9.17, 15) is 0 Å². The smallest absolute Gasteiger partial charge is 0.0431 e. The second kappa shape index (κ2) is 6.92. The first-order chi connectivity index (χ1) is 8.36. The maximum Gasteiger partial charge on any atom is 0.0431 e. The van der Waals surface area contributed by atoms with Crippen LogP contribution < -0.4 is 0 Å². The molecule has 0 fully saturated rings. The van der Waals surface area contributed by atoms with Crippen LogP contribution in [0.4, 0.5) is 0 Å². The van der Waals surface area contributed by atoms with Crippen molar-refractivity contribution in [3.05, 3.63) is 45.8 Å². The van der Waals surface area contributed by atoms with Crippen LogP contribution in [0.3, 0.4) is 0 Å². The van der Waals surface area contributed by atoms with Gasteiger partial charge < -0.3 is 0 Å². The Morgan fingerprint density at radius 3 is 3.12 bits per heavy atom. The number of hydrogen-bond acceptors (Lipinski definition) is 3. The van der Waals surface area contributed by atoms with E-state index in [4.69, 9.17) is 0 Å². The summed E-state index contributed by atoms with van der Waals surface area (Å²) in [6.07, 6.45) is 15.9. The Hall–Kier alpha value is -0.670. The lowest BCUT2D eigenvalue weighted by atomic mass is 10.1. The van der Waals surface area contributed by atoms with Crippen LogP contribution in [0.1, 0.15) is 19.3 Å². The van der Waals surface area contributed by atoms with Crippen LogP contribution in [0.15, 0.2) is 50.8 Å². The maximum absolute atomic E-state index is 4.42. The van der Waals surface area contributed by atoms with Crippen LogP contribution in [0.5, 0.6) is 0 Å². The van der Waals surface area contributed by atoms with Crippen molar-refractivity contribution in [3.63, 3.8) is 0 Å². The number of nitrogens with zero attached hydrogens (tertiary/aromatic N) is 1. The third kappa shape index (κ3) is 4.25. The monoisotopic (exact) mass is 263 g/mol. The molecule has 0 aromatic carbocycles. The SMILES string of the molecule is SC1=CCS/C2=C(/C=CCC=NCC2)CC=C1. The summed E-state index contributed by atoms with van der Waals surface area (Å²) >= 11 is 6.34. The van der Waals surface area contributed by atoms with E-state index in [0.717, 1.165) is 36.5 Å². The molecular formula is C14H17NS2. The highest BCUT2D eigenvalue weighted by Gasteiger charge is 2.06. The average Bonchev–Trinajstić information content (AvgIpc) is 2.46. The van der Waals surface area contributed by atoms with Crippen LogP contribution in [-0.2, 0) is 0 Å². The molecule has 2 aliphatic rings. The Balaban J connectivity index is 2.21. The Labute approximate surface area is 113 Å². The second-order valence-corrected chi connectivity index (χ2v) is 5.60. The fourth-order valence-corrected chi connectivity index (χ4v) is 3.16. The Morgan fingerprint density at radius 1 is 1.24 bits per heavy atom. The summed E-state index contributed by atoms with van der Waals surface area (Å²) in [6.45, 7) is 0.911. The van der Waals surface area contributed by atoms with Gasteiger partial charge in [0.15, 0.2) is 0 Å². The van der Waals surface area contributed by atoms with Gasteiger partial charge in [-0.25, -0.2) is 0 Å². The number of allylic oxidation sites excluding steroid dienone is 5. The summed E-state index contributed by atoms with van der Waals surface area (Å²) in [5, 5.41) is 0. The second-order valence-electron chi connectivity index (χ2n) is 3.97. The summed E-state index contributed by atoms with van der Waals surface area (Å²) in [5.74, 6) is 1.000. The van der Waals surface area contributed by atoms with Crippen LogP contribution in [0.2, 0.25) is 0 Å². The maximum atomic E-state index is 4.42. The molecule has 0 bridgehead atoms. The van der Waals surface area contributed by atoms with E-state index in [2.05, 4.69) is 48.0 Å². The standard InChI is InChI=1S/C14H17NS2/c16-13-6-3-5-12-4-1-2-9-15-10-7-14(12)17-11-8-13/h1,3-4,6,8-9,16H,2,5,7,10-11H2/b4-1?,6-3?,13-8?,14-12-,15-9?. The zero-order chi connectivity index (χ0) is 11.9. The van der Waals surface area contributed by atoms with E-state index in [1.165, 1.54) is 10.5 Å². The van der Waals surface area contributed by atoms with E-state index >= 15 is 0 Å². The molecule has 2 heterocycles. The van der Waals surface area contributed by atoms with Gasteiger partial charge in [-0.3, -0.25) is 4.99 Å². The molecule has 0 aliphatic carbocycles. The molecule has 0 unspecified atom stereocenters. The van der Waals surface area contributed by atoms with Crippen molar-refractivity contribution in [3.8, 4) is 0 Å². The van der Waals surface area contributed by atoms with E-state index in [1.807, 2.05) is 18.0 Å². The first-order valence-corrected chi connectivity index (χ1v) is 7.35. The van der Waals surface area contributed by atoms with E-state index in [-0.39, 0.29) is 0 Å². The predicted octanol–water partition coefficient (Wildman–Crippen LogP) is 4.17. The van der Waals surface area contributed by atoms with Gasteiger partial charge in [0.25, 0.3) is 0 Å². The molecule has 0 amide bonds. The van der Waals surface area contributed by atoms with Gasteiger partial charge in [0.1, 0.15) is 0 Å². The third-order valence-corrected chi connectivity index (χ3v) is 4.17. The minimum atomic E-state index is 0.911. The van der Waals surface area contributed by atoms with Crippen LogP contribution >= 0.6 is 24.4 Å². The molecule has 0 atom stereocenters. The zero-order valence-electron chi connectivity index (χ0n) is 9.80. The van der Waals surface area contributed by atoms with E-state index in [0.29, 0.717) is 0 Å². The molecule has 0 radical (unpaired) electrons. The van der Waals surface area contributed by atoms with Gasteiger partial charge >= 0.3 is 0 Å². The molecule has 0 spiro atoms. The highest BCUT2D eigenvalue weighted by molar-refractivity contribution is 8.03. The number of thiol groups is 1. The van der Waals surface area contributed by atoms with Crippen molar-refractivity contribution in [1.82, 2.24) is 0 Å². The van der Waals surface area contributed by atoms with E-state index in [1.54, 1.807) is 0 Å².